The Morgan fingerprint density at radius 3 is 2.33 bits per heavy atom. The number of aliphatic hydroxyl groups excluding tert-OH is 6. The predicted molar refractivity (Wildman–Crippen MR) is 119 cm³/mol. The maximum absolute atomic E-state index is 12.7. The van der Waals surface area contributed by atoms with Crippen LogP contribution in [0.25, 0.3) is 6.08 Å². The first kappa shape index (κ1) is 26.7. The molecule has 0 spiro atoms. The van der Waals surface area contributed by atoms with Crippen molar-refractivity contribution in [2.45, 2.75) is 81.1 Å². The SMILES string of the molecule is C/C(=C\c1ccc(O[C@@H]2O[C@H]([C@H](C)O)[C@@H](O)[C@@H]2O)c(O)c1)C(=O)N[C@@H]1[C@H](O)[C@@H](O)[C@H]2OCO[C@H]2[C@@H]1O. The molecule has 3 fully saturated rings. The van der Waals surface area contributed by atoms with Gasteiger partial charge in [0.05, 0.1) is 12.1 Å². The third-order valence-electron chi connectivity index (χ3n) is 6.60. The number of phenols is 1. The van der Waals surface area contributed by atoms with Crippen molar-refractivity contribution in [3.63, 3.8) is 0 Å². The molecule has 2 aliphatic heterocycles. The summed E-state index contributed by atoms with van der Waals surface area (Å²) < 4.78 is 21.2. The zero-order chi connectivity index (χ0) is 26.3. The smallest absolute Gasteiger partial charge is 0.247 e. The number of benzene rings is 1. The van der Waals surface area contributed by atoms with E-state index in [1.165, 1.54) is 38.1 Å². The van der Waals surface area contributed by atoms with Crippen LogP contribution in [0.2, 0.25) is 0 Å². The van der Waals surface area contributed by atoms with Crippen molar-refractivity contribution in [1.29, 1.82) is 0 Å². The van der Waals surface area contributed by atoms with E-state index in [1.54, 1.807) is 0 Å². The van der Waals surface area contributed by atoms with Crippen LogP contribution in [-0.4, -0.2) is 116 Å². The average molecular weight is 513 g/mol. The van der Waals surface area contributed by atoms with Crippen LogP contribution >= 0.6 is 0 Å². The molecular weight excluding hydrogens is 482 g/mol. The molecule has 0 aromatic heterocycles. The number of nitrogens with one attached hydrogen (secondary N) is 1. The van der Waals surface area contributed by atoms with E-state index in [-0.39, 0.29) is 23.9 Å². The molecule has 11 atom stereocenters. The van der Waals surface area contributed by atoms with Gasteiger partial charge in [0.2, 0.25) is 12.2 Å². The number of fused-ring (bicyclic) bond motifs is 1. The van der Waals surface area contributed by atoms with Crippen molar-refractivity contribution in [1.82, 2.24) is 5.32 Å². The number of carbonyl (C=O) groups excluding carboxylic acids is 1. The van der Waals surface area contributed by atoms with Crippen molar-refractivity contribution in [2.24, 2.45) is 0 Å². The van der Waals surface area contributed by atoms with Crippen molar-refractivity contribution in [3.05, 3.63) is 29.3 Å². The van der Waals surface area contributed by atoms with E-state index in [0.29, 0.717) is 5.56 Å². The minimum absolute atomic E-state index is 0.0625. The zero-order valence-electron chi connectivity index (χ0n) is 19.5. The number of aromatic hydroxyl groups is 1. The van der Waals surface area contributed by atoms with Gasteiger partial charge in [-0.1, -0.05) is 6.07 Å². The highest BCUT2D eigenvalue weighted by molar-refractivity contribution is 5.97. The van der Waals surface area contributed by atoms with Crippen molar-refractivity contribution < 1.29 is 59.5 Å². The molecular formula is C23H31NO12. The molecule has 0 unspecified atom stereocenters. The van der Waals surface area contributed by atoms with Gasteiger partial charge in [-0.15, -0.1) is 0 Å². The van der Waals surface area contributed by atoms with Gasteiger partial charge in [-0.3, -0.25) is 4.79 Å². The second kappa shape index (κ2) is 10.6. The first-order chi connectivity index (χ1) is 17.0. The Hall–Kier alpha value is -2.33. The molecule has 200 valence electrons. The molecule has 2 heterocycles. The minimum Gasteiger partial charge on any atom is -0.504 e. The summed E-state index contributed by atoms with van der Waals surface area (Å²) in [6.07, 6.45) is -10.8. The van der Waals surface area contributed by atoms with E-state index in [1.807, 2.05) is 0 Å². The Labute approximate surface area is 206 Å². The number of carbonyl (C=O) groups is 1. The van der Waals surface area contributed by atoms with E-state index >= 15 is 0 Å². The summed E-state index contributed by atoms with van der Waals surface area (Å²) >= 11 is 0. The molecule has 0 radical (unpaired) electrons. The van der Waals surface area contributed by atoms with Gasteiger partial charge in [0.25, 0.3) is 0 Å². The Morgan fingerprint density at radius 2 is 1.72 bits per heavy atom. The first-order valence-electron chi connectivity index (χ1n) is 11.5. The van der Waals surface area contributed by atoms with Crippen LogP contribution in [0.4, 0.5) is 0 Å². The predicted octanol–water partition coefficient (Wildman–Crippen LogP) is -2.68. The second-order valence-electron chi connectivity index (χ2n) is 9.21. The van der Waals surface area contributed by atoms with Crippen LogP contribution in [-0.2, 0) is 19.0 Å². The molecule has 2 saturated heterocycles. The molecule has 8 N–H and O–H groups in total. The third kappa shape index (κ3) is 5.07. The summed E-state index contributed by atoms with van der Waals surface area (Å²) in [5.41, 5.74) is 0.569. The second-order valence-corrected chi connectivity index (χ2v) is 9.21. The maximum Gasteiger partial charge on any atom is 0.247 e. The molecule has 1 amide bonds. The molecule has 13 heteroatoms. The lowest BCUT2D eigenvalue weighted by Crippen LogP contribution is -2.67. The molecule has 13 nitrogen and oxygen atoms in total. The molecule has 3 aliphatic rings. The molecule has 0 bridgehead atoms. The van der Waals surface area contributed by atoms with Gasteiger partial charge in [0.15, 0.2) is 11.5 Å². The lowest BCUT2D eigenvalue weighted by molar-refractivity contribution is -0.155. The van der Waals surface area contributed by atoms with Crippen molar-refractivity contribution in [2.75, 3.05) is 6.79 Å². The number of amides is 1. The summed E-state index contributed by atoms with van der Waals surface area (Å²) in [6, 6.07) is 2.96. The molecule has 36 heavy (non-hydrogen) atoms. The van der Waals surface area contributed by atoms with Gasteiger partial charge in [0, 0.05) is 5.57 Å². The Kier molecular flexibility index (Phi) is 7.85. The van der Waals surface area contributed by atoms with Crippen LogP contribution < -0.4 is 10.1 Å². The summed E-state index contributed by atoms with van der Waals surface area (Å²) in [6.45, 7) is 2.73. The lowest BCUT2D eigenvalue weighted by Gasteiger charge is -2.41. The Bertz CT molecular complexity index is 986. The number of hydrogen-bond acceptors (Lipinski definition) is 12. The summed E-state index contributed by atoms with van der Waals surface area (Å²) in [5.74, 6) is -1.04. The van der Waals surface area contributed by atoms with E-state index in [9.17, 15) is 40.5 Å². The number of aliphatic hydroxyl groups is 6. The standard InChI is InChI=1S/C23H31NO12/c1-8(22(32)24-13-14(27)16(29)21-20(15(13)28)33-7-34-21)5-10-3-4-12(11(26)6-10)35-23-18(31)17(30)19(36-23)9(2)25/h3-6,9,13-21,23,25-31H,7H2,1-2H3,(H,24,32)/b8-5+/t9-,13+,14-,15+,16+,17-,18-,19+,20-,21+,23+/m0/s1. The van der Waals surface area contributed by atoms with Gasteiger partial charge in [-0.2, -0.15) is 0 Å². The number of phenolic OH excluding ortho intramolecular Hbond substituents is 1. The lowest BCUT2D eigenvalue weighted by atomic mass is 9.83. The van der Waals surface area contributed by atoms with Gasteiger partial charge in [-0.05, 0) is 37.6 Å². The van der Waals surface area contributed by atoms with Gasteiger partial charge in [-0.25, -0.2) is 0 Å². The fraction of sp³-hybridized carbons (Fsp3) is 0.609. The van der Waals surface area contributed by atoms with E-state index < -0.39 is 73.2 Å². The highest BCUT2D eigenvalue weighted by Crippen LogP contribution is 2.33. The van der Waals surface area contributed by atoms with E-state index in [0.717, 1.165) is 0 Å². The normalized spacial score (nSPS) is 39.5. The summed E-state index contributed by atoms with van der Waals surface area (Å²) in [4.78, 5) is 12.7. The van der Waals surface area contributed by atoms with Crippen LogP contribution in [0.15, 0.2) is 23.8 Å². The Balaban J connectivity index is 1.41. The van der Waals surface area contributed by atoms with Crippen molar-refractivity contribution in [3.8, 4) is 11.5 Å². The molecule has 1 aromatic rings. The number of hydrogen-bond donors (Lipinski definition) is 8. The average Bonchev–Trinajstić information content (AvgIpc) is 3.43. The van der Waals surface area contributed by atoms with E-state index in [4.69, 9.17) is 18.9 Å². The van der Waals surface area contributed by atoms with Gasteiger partial charge < -0.3 is 60.0 Å². The fourth-order valence-electron chi connectivity index (χ4n) is 4.55. The number of rotatable bonds is 6. The van der Waals surface area contributed by atoms with Crippen LogP contribution in [0.3, 0.4) is 0 Å². The minimum atomic E-state index is -1.49. The molecule has 1 aromatic carbocycles. The quantitative estimate of drug-likeness (QED) is 0.183. The third-order valence-corrected chi connectivity index (χ3v) is 6.60. The first-order valence-corrected chi connectivity index (χ1v) is 11.5. The van der Waals surface area contributed by atoms with E-state index in [2.05, 4.69) is 5.32 Å². The van der Waals surface area contributed by atoms with Crippen LogP contribution in [0.1, 0.15) is 19.4 Å². The van der Waals surface area contributed by atoms with Gasteiger partial charge >= 0.3 is 0 Å². The van der Waals surface area contributed by atoms with Gasteiger partial charge in [0.1, 0.15) is 55.6 Å². The van der Waals surface area contributed by atoms with Crippen LogP contribution in [0.5, 0.6) is 11.5 Å². The number of ether oxygens (including phenoxy) is 4. The Morgan fingerprint density at radius 1 is 1.06 bits per heavy atom. The highest BCUT2D eigenvalue weighted by atomic mass is 16.7. The zero-order valence-corrected chi connectivity index (χ0v) is 19.5. The fourth-order valence-corrected chi connectivity index (χ4v) is 4.55. The maximum atomic E-state index is 12.7. The summed E-state index contributed by atoms with van der Waals surface area (Å²) in [7, 11) is 0. The molecule has 1 aliphatic carbocycles. The largest absolute Gasteiger partial charge is 0.504 e. The summed E-state index contributed by atoms with van der Waals surface area (Å²) in [5, 5.41) is 73.6. The monoisotopic (exact) mass is 513 g/mol. The molecule has 4 rings (SSSR count). The topological polar surface area (TPSA) is 208 Å². The van der Waals surface area contributed by atoms with Crippen molar-refractivity contribution >= 4 is 12.0 Å². The molecule has 1 saturated carbocycles. The van der Waals surface area contributed by atoms with Crippen LogP contribution in [0, 0.1) is 0 Å². The highest BCUT2D eigenvalue weighted by Gasteiger charge is 2.53.